The number of thiocarbonyl (C=S) groups is 1. The quantitative estimate of drug-likeness (QED) is 0.422. The molecule has 2 aliphatic rings. The Kier molecular flexibility index (Phi) is 5.61. The fourth-order valence-corrected chi connectivity index (χ4v) is 5.27. The molecule has 2 aromatic rings. The molecule has 1 aromatic heterocycles. The molecule has 2 aliphatic heterocycles. The van der Waals surface area contributed by atoms with Crippen molar-refractivity contribution in [1.29, 1.82) is 0 Å². The molecule has 5 nitrogen and oxygen atoms in total. The zero-order valence-electron chi connectivity index (χ0n) is 16.4. The molecule has 1 amide bonds. The molecule has 0 saturated carbocycles. The number of thioether (sulfide) groups is 1. The van der Waals surface area contributed by atoms with Crippen LogP contribution in [0.4, 0.5) is 5.69 Å². The Morgan fingerprint density at radius 2 is 1.90 bits per heavy atom. The van der Waals surface area contributed by atoms with Crippen LogP contribution in [0.2, 0.25) is 0 Å². The van der Waals surface area contributed by atoms with Crippen molar-refractivity contribution >= 4 is 56.9 Å². The predicted octanol–water partition coefficient (Wildman–Crippen LogP) is 3.92. The van der Waals surface area contributed by atoms with Crippen molar-refractivity contribution in [3.05, 3.63) is 57.7 Å². The molecule has 3 heterocycles. The third kappa shape index (κ3) is 3.53. The van der Waals surface area contributed by atoms with Crippen LogP contribution in [0.25, 0.3) is 17.0 Å². The summed E-state index contributed by atoms with van der Waals surface area (Å²) in [4.78, 5) is 30.5. The monoisotopic (exact) mass is 425 g/mol. The molecular formula is C22H23N3O2S2. The Balaban J connectivity index is 1.93. The van der Waals surface area contributed by atoms with Gasteiger partial charge in [0, 0.05) is 32.1 Å². The van der Waals surface area contributed by atoms with Crippen LogP contribution in [0.5, 0.6) is 0 Å². The first-order valence-electron chi connectivity index (χ1n) is 9.76. The molecular weight excluding hydrogens is 402 g/mol. The molecule has 2 fully saturated rings. The number of rotatable bonds is 4. The van der Waals surface area contributed by atoms with E-state index in [4.69, 9.17) is 12.2 Å². The van der Waals surface area contributed by atoms with Crippen LogP contribution in [-0.2, 0) is 11.8 Å². The summed E-state index contributed by atoms with van der Waals surface area (Å²) in [6.45, 7) is 5.89. The van der Waals surface area contributed by atoms with E-state index in [0.717, 1.165) is 42.5 Å². The topological polar surface area (TPSA) is 45.6 Å². The summed E-state index contributed by atoms with van der Waals surface area (Å²) in [5.41, 5.74) is 2.29. The van der Waals surface area contributed by atoms with E-state index in [0.29, 0.717) is 21.3 Å². The van der Waals surface area contributed by atoms with E-state index in [-0.39, 0.29) is 11.5 Å². The summed E-state index contributed by atoms with van der Waals surface area (Å²) in [6, 6.07) is 7.96. The number of hydrogen-bond donors (Lipinski definition) is 0. The second-order valence-electron chi connectivity index (χ2n) is 7.27. The van der Waals surface area contributed by atoms with Crippen LogP contribution in [-0.4, -0.2) is 39.3 Å². The fourth-order valence-electron chi connectivity index (χ4n) is 4.01. The normalized spacial score (nSPS) is 18.9. The number of nitrogens with zero attached hydrogens (tertiary/aromatic N) is 3. The molecule has 2 saturated heterocycles. The summed E-state index contributed by atoms with van der Waals surface area (Å²) in [6.07, 6.45) is 6.80. The van der Waals surface area contributed by atoms with E-state index in [1.54, 1.807) is 23.8 Å². The van der Waals surface area contributed by atoms with E-state index in [1.165, 1.54) is 23.1 Å². The third-order valence-corrected chi connectivity index (χ3v) is 6.82. The van der Waals surface area contributed by atoms with Crippen molar-refractivity contribution in [1.82, 2.24) is 9.47 Å². The van der Waals surface area contributed by atoms with Gasteiger partial charge in [-0.25, -0.2) is 0 Å². The summed E-state index contributed by atoms with van der Waals surface area (Å²) < 4.78 is 2.16. The highest BCUT2D eigenvalue weighted by atomic mass is 32.2. The fraction of sp³-hybridized carbons (Fsp3) is 0.318. The molecule has 29 heavy (non-hydrogen) atoms. The van der Waals surface area contributed by atoms with Crippen molar-refractivity contribution in [3.63, 3.8) is 0 Å². The number of amides is 1. The Hall–Kier alpha value is -2.38. The minimum absolute atomic E-state index is 0.0988. The average Bonchev–Trinajstić information content (AvgIpc) is 3.00. The smallest absolute Gasteiger partial charge is 0.266 e. The lowest BCUT2D eigenvalue weighted by atomic mass is 10.0. The Bertz CT molecular complexity index is 1100. The summed E-state index contributed by atoms with van der Waals surface area (Å²) in [5.74, 6) is -0.167. The summed E-state index contributed by atoms with van der Waals surface area (Å²) >= 11 is 6.60. The van der Waals surface area contributed by atoms with Gasteiger partial charge in [0.1, 0.15) is 4.32 Å². The maximum absolute atomic E-state index is 13.3. The number of anilines is 1. The Labute approximate surface area is 179 Å². The van der Waals surface area contributed by atoms with Crippen molar-refractivity contribution in [2.75, 3.05) is 24.5 Å². The molecule has 0 bridgehead atoms. The minimum atomic E-state index is -0.167. The zero-order chi connectivity index (χ0) is 20.5. The number of fused-ring (bicyclic) bond motifs is 1. The number of hydrogen-bond acceptors (Lipinski definition) is 5. The van der Waals surface area contributed by atoms with Crippen LogP contribution < -0.4 is 10.5 Å². The number of piperidine rings is 1. The number of aryl methyl sites for hydroxylation is 1. The minimum Gasteiger partial charge on any atom is -0.370 e. The molecule has 1 aromatic carbocycles. The highest BCUT2D eigenvalue weighted by molar-refractivity contribution is 8.26. The molecule has 7 heteroatoms. The first-order chi connectivity index (χ1) is 14.0. The molecule has 0 unspecified atom stereocenters. The van der Waals surface area contributed by atoms with E-state index >= 15 is 0 Å². The standard InChI is InChI=1S/C22H23N3O2S2/c1-3-11-25-21(27)18(29-22(25)28)14-16-19(24-12-7-4-8-13-24)15-9-5-6-10-17(15)23(2)20(16)26/h3,5-6,9-10,14H,1,4,7-8,11-13H2,2H3. The average molecular weight is 426 g/mol. The second-order valence-corrected chi connectivity index (χ2v) is 8.95. The molecule has 150 valence electrons. The molecule has 0 N–H and O–H groups in total. The van der Waals surface area contributed by atoms with Gasteiger partial charge in [-0.15, -0.1) is 6.58 Å². The van der Waals surface area contributed by atoms with Crippen LogP contribution >= 0.6 is 24.0 Å². The lowest BCUT2D eigenvalue weighted by Crippen LogP contribution is -2.33. The van der Waals surface area contributed by atoms with Gasteiger partial charge in [0.15, 0.2) is 0 Å². The van der Waals surface area contributed by atoms with Crippen LogP contribution in [0, 0.1) is 0 Å². The largest absolute Gasteiger partial charge is 0.370 e. The molecule has 0 aliphatic carbocycles. The number of carbonyl (C=O) groups is 1. The number of aromatic nitrogens is 1. The highest BCUT2D eigenvalue weighted by Crippen LogP contribution is 2.36. The van der Waals surface area contributed by atoms with Crippen LogP contribution in [0.15, 0.2) is 46.6 Å². The second kappa shape index (κ2) is 8.16. The van der Waals surface area contributed by atoms with Gasteiger partial charge >= 0.3 is 0 Å². The zero-order valence-corrected chi connectivity index (χ0v) is 18.0. The van der Waals surface area contributed by atoms with Gasteiger partial charge in [-0.3, -0.25) is 14.5 Å². The van der Waals surface area contributed by atoms with E-state index in [9.17, 15) is 9.59 Å². The lowest BCUT2D eigenvalue weighted by molar-refractivity contribution is -0.121. The molecule has 0 atom stereocenters. The summed E-state index contributed by atoms with van der Waals surface area (Å²) in [7, 11) is 1.78. The van der Waals surface area contributed by atoms with Crippen molar-refractivity contribution in [2.45, 2.75) is 19.3 Å². The number of pyridine rings is 1. The number of para-hydroxylation sites is 1. The SMILES string of the molecule is C=CCN1C(=O)C(=Cc2c(N3CCCCC3)c3ccccc3n(C)c2=O)SC1=S. The van der Waals surface area contributed by atoms with Crippen molar-refractivity contribution in [2.24, 2.45) is 7.05 Å². The highest BCUT2D eigenvalue weighted by Gasteiger charge is 2.32. The Morgan fingerprint density at radius 3 is 2.62 bits per heavy atom. The molecule has 0 spiro atoms. The maximum Gasteiger partial charge on any atom is 0.266 e. The van der Waals surface area contributed by atoms with Gasteiger partial charge in [0.2, 0.25) is 0 Å². The van der Waals surface area contributed by atoms with Crippen molar-refractivity contribution in [3.8, 4) is 0 Å². The molecule has 4 rings (SSSR count). The first kappa shape index (κ1) is 19.9. The summed E-state index contributed by atoms with van der Waals surface area (Å²) in [5, 5.41) is 1.03. The Morgan fingerprint density at radius 1 is 1.17 bits per heavy atom. The molecule has 0 radical (unpaired) electrons. The maximum atomic E-state index is 13.3. The van der Waals surface area contributed by atoms with Crippen molar-refractivity contribution < 1.29 is 4.79 Å². The number of carbonyl (C=O) groups excluding carboxylic acids is 1. The van der Waals surface area contributed by atoms with Crippen LogP contribution in [0.3, 0.4) is 0 Å². The predicted molar refractivity (Wildman–Crippen MR) is 125 cm³/mol. The van der Waals surface area contributed by atoms with E-state index in [2.05, 4.69) is 17.5 Å². The van der Waals surface area contributed by atoms with Gasteiger partial charge < -0.3 is 9.47 Å². The number of benzene rings is 1. The third-order valence-electron chi connectivity index (χ3n) is 5.44. The van der Waals surface area contributed by atoms with Gasteiger partial charge in [-0.2, -0.15) is 0 Å². The van der Waals surface area contributed by atoms with Gasteiger partial charge in [-0.05, 0) is 31.4 Å². The van der Waals surface area contributed by atoms with E-state index < -0.39 is 0 Å². The van der Waals surface area contributed by atoms with Gasteiger partial charge in [0.25, 0.3) is 11.5 Å². The van der Waals surface area contributed by atoms with Gasteiger partial charge in [0.05, 0.1) is 21.7 Å². The van der Waals surface area contributed by atoms with E-state index in [1.807, 2.05) is 18.2 Å². The van der Waals surface area contributed by atoms with Gasteiger partial charge in [-0.1, -0.05) is 48.3 Å². The van der Waals surface area contributed by atoms with Crippen LogP contribution in [0.1, 0.15) is 24.8 Å². The first-order valence-corrected chi connectivity index (χ1v) is 11.0. The lowest BCUT2D eigenvalue weighted by Gasteiger charge is -2.31.